The molecule has 1 aliphatic heterocycles. The van der Waals surface area contributed by atoms with Crippen molar-refractivity contribution < 1.29 is 14.0 Å². The fraction of sp³-hybridized carbons (Fsp3) is 0.800. The van der Waals surface area contributed by atoms with Crippen molar-refractivity contribution in [3.63, 3.8) is 0 Å². The first-order valence-electron chi connectivity index (χ1n) is 8.21. The minimum atomic E-state index is 0.278. The number of aryl methyl sites for hydroxylation is 2. The molecule has 8 heteroatoms. The predicted molar refractivity (Wildman–Crippen MR) is 86.5 cm³/mol. The standard InChI is InChI=1S/C15H27N5O3/c1-12-19-14(23-20-12)5-3-7-17-15(16-2)18-8-4-9-22-13-6-10-21-11-13/h13H,3-11H2,1-2H3,(H2,16,17,18). The maximum Gasteiger partial charge on any atom is 0.226 e. The van der Waals surface area contributed by atoms with Crippen LogP contribution in [0.5, 0.6) is 0 Å². The fourth-order valence-corrected chi connectivity index (χ4v) is 2.28. The highest BCUT2D eigenvalue weighted by Crippen LogP contribution is 2.07. The van der Waals surface area contributed by atoms with Gasteiger partial charge in [0.2, 0.25) is 5.89 Å². The molecule has 0 amide bonds. The number of aromatic nitrogens is 2. The zero-order valence-electron chi connectivity index (χ0n) is 14.0. The number of guanidine groups is 1. The van der Waals surface area contributed by atoms with Crippen LogP contribution in [0.15, 0.2) is 9.52 Å². The molecule has 1 aromatic heterocycles. The largest absolute Gasteiger partial charge is 0.379 e. The SMILES string of the molecule is CN=C(NCCCOC1CCOC1)NCCCc1nc(C)no1. The third-order valence-corrected chi connectivity index (χ3v) is 3.51. The van der Waals surface area contributed by atoms with E-state index in [2.05, 4.69) is 25.8 Å². The molecule has 130 valence electrons. The van der Waals surface area contributed by atoms with Gasteiger partial charge in [-0.05, 0) is 26.2 Å². The lowest BCUT2D eigenvalue weighted by Gasteiger charge is -2.13. The monoisotopic (exact) mass is 325 g/mol. The lowest BCUT2D eigenvalue weighted by atomic mass is 10.3. The summed E-state index contributed by atoms with van der Waals surface area (Å²) in [5.74, 6) is 2.16. The van der Waals surface area contributed by atoms with Crippen molar-refractivity contribution in [2.75, 3.05) is 40.0 Å². The Bertz CT molecular complexity index is 471. The van der Waals surface area contributed by atoms with Gasteiger partial charge in [0.15, 0.2) is 11.8 Å². The summed E-state index contributed by atoms with van der Waals surface area (Å²) in [4.78, 5) is 8.37. The van der Waals surface area contributed by atoms with Gasteiger partial charge < -0.3 is 24.6 Å². The molecule has 2 heterocycles. The lowest BCUT2D eigenvalue weighted by molar-refractivity contribution is 0.0420. The summed E-state index contributed by atoms with van der Waals surface area (Å²) in [6, 6.07) is 0. The van der Waals surface area contributed by atoms with Gasteiger partial charge in [-0.15, -0.1) is 0 Å². The van der Waals surface area contributed by atoms with E-state index in [1.54, 1.807) is 7.05 Å². The van der Waals surface area contributed by atoms with Crippen LogP contribution in [0.1, 0.15) is 31.0 Å². The number of hydrogen-bond acceptors (Lipinski definition) is 6. The maximum atomic E-state index is 5.72. The van der Waals surface area contributed by atoms with Gasteiger partial charge in [0.25, 0.3) is 0 Å². The molecule has 0 bridgehead atoms. The Morgan fingerprint density at radius 1 is 1.35 bits per heavy atom. The van der Waals surface area contributed by atoms with E-state index in [9.17, 15) is 0 Å². The minimum absolute atomic E-state index is 0.278. The van der Waals surface area contributed by atoms with Gasteiger partial charge >= 0.3 is 0 Å². The number of hydrogen-bond donors (Lipinski definition) is 2. The van der Waals surface area contributed by atoms with Gasteiger partial charge in [0, 0.05) is 39.8 Å². The van der Waals surface area contributed by atoms with Crippen LogP contribution < -0.4 is 10.6 Å². The molecule has 2 N–H and O–H groups in total. The highest BCUT2D eigenvalue weighted by molar-refractivity contribution is 5.79. The van der Waals surface area contributed by atoms with Gasteiger partial charge in [-0.25, -0.2) is 0 Å². The normalized spacial score (nSPS) is 18.3. The molecule has 0 spiro atoms. The van der Waals surface area contributed by atoms with Crippen LogP contribution >= 0.6 is 0 Å². The number of nitrogens with one attached hydrogen (secondary N) is 2. The highest BCUT2D eigenvalue weighted by atomic mass is 16.5. The van der Waals surface area contributed by atoms with Crippen LogP contribution in [0.25, 0.3) is 0 Å². The maximum absolute atomic E-state index is 5.72. The van der Waals surface area contributed by atoms with E-state index >= 15 is 0 Å². The summed E-state index contributed by atoms with van der Waals surface area (Å²) in [5.41, 5.74) is 0. The molecule has 8 nitrogen and oxygen atoms in total. The molecule has 0 radical (unpaired) electrons. The topological polar surface area (TPSA) is 93.8 Å². The zero-order valence-corrected chi connectivity index (χ0v) is 14.0. The van der Waals surface area contributed by atoms with Gasteiger partial charge in [-0.1, -0.05) is 5.16 Å². The summed E-state index contributed by atoms with van der Waals surface area (Å²) in [5, 5.41) is 10.3. The predicted octanol–water partition coefficient (Wildman–Crippen LogP) is 0.671. The second-order valence-corrected chi connectivity index (χ2v) is 5.47. The molecule has 1 atom stereocenters. The quantitative estimate of drug-likeness (QED) is 0.391. The number of ether oxygens (including phenoxy) is 2. The summed E-state index contributed by atoms with van der Waals surface area (Å²) in [7, 11) is 1.77. The van der Waals surface area contributed by atoms with Crippen molar-refractivity contribution in [3.05, 3.63) is 11.7 Å². The Hall–Kier alpha value is -1.67. The molecule has 0 aliphatic carbocycles. The Kier molecular flexibility index (Phi) is 7.82. The molecule has 2 rings (SSSR count). The van der Waals surface area contributed by atoms with Crippen LogP contribution in [-0.4, -0.2) is 62.2 Å². The minimum Gasteiger partial charge on any atom is -0.379 e. The zero-order chi connectivity index (χ0) is 16.3. The molecule has 1 saturated heterocycles. The second kappa shape index (κ2) is 10.2. The average Bonchev–Trinajstić information content (AvgIpc) is 3.20. The van der Waals surface area contributed by atoms with Crippen molar-refractivity contribution >= 4 is 5.96 Å². The Labute approximate surface area is 137 Å². The molecule has 1 aromatic rings. The van der Waals surface area contributed by atoms with E-state index in [4.69, 9.17) is 14.0 Å². The van der Waals surface area contributed by atoms with Crippen molar-refractivity contribution in [3.8, 4) is 0 Å². The van der Waals surface area contributed by atoms with Crippen LogP contribution in [0.4, 0.5) is 0 Å². The van der Waals surface area contributed by atoms with Crippen LogP contribution in [0, 0.1) is 6.92 Å². The van der Waals surface area contributed by atoms with Gasteiger partial charge in [0.1, 0.15) is 0 Å². The third kappa shape index (κ3) is 6.96. The van der Waals surface area contributed by atoms with E-state index < -0.39 is 0 Å². The molecule has 23 heavy (non-hydrogen) atoms. The summed E-state index contributed by atoms with van der Waals surface area (Å²) in [6.45, 7) is 5.75. The van der Waals surface area contributed by atoms with E-state index in [0.717, 1.165) is 64.6 Å². The molecular formula is C15H27N5O3. The first-order valence-corrected chi connectivity index (χ1v) is 8.21. The van der Waals surface area contributed by atoms with Gasteiger partial charge in [-0.2, -0.15) is 4.98 Å². The number of rotatable bonds is 9. The first-order chi connectivity index (χ1) is 11.3. The molecule has 1 aliphatic rings. The smallest absolute Gasteiger partial charge is 0.226 e. The molecule has 0 saturated carbocycles. The van der Waals surface area contributed by atoms with Crippen molar-refractivity contribution in [1.29, 1.82) is 0 Å². The Balaban J connectivity index is 1.47. The fourth-order valence-electron chi connectivity index (χ4n) is 2.28. The van der Waals surface area contributed by atoms with Gasteiger partial charge in [0.05, 0.1) is 12.7 Å². The summed E-state index contributed by atoms with van der Waals surface area (Å²) >= 11 is 0. The number of nitrogens with zero attached hydrogens (tertiary/aromatic N) is 3. The first kappa shape index (κ1) is 17.7. The van der Waals surface area contributed by atoms with Crippen molar-refractivity contribution in [2.45, 2.75) is 38.7 Å². The van der Waals surface area contributed by atoms with E-state index in [1.807, 2.05) is 6.92 Å². The second-order valence-electron chi connectivity index (χ2n) is 5.47. The van der Waals surface area contributed by atoms with Crippen molar-refractivity contribution in [1.82, 2.24) is 20.8 Å². The summed E-state index contributed by atoms with van der Waals surface area (Å²) < 4.78 is 16.1. The van der Waals surface area contributed by atoms with E-state index in [-0.39, 0.29) is 6.10 Å². The van der Waals surface area contributed by atoms with E-state index in [0.29, 0.717) is 11.7 Å². The Morgan fingerprint density at radius 3 is 2.83 bits per heavy atom. The van der Waals surface area contributed by atoms with Crippen LogP contribution in [0.3, 0.4) is 0 Å². The molecular weight excluding hydrogens is 298 g/mol. The molecule has 1 unspecified atom stereocenters. The van der Waals surface area contributed by atoms with Crippen LogP contribution in [0.2, 0.25) is 0 Å². The lowest BCUT2D eigenvalue weighted by Crippen LogP contribution is -2.38. The van der Waals surface area contributed by atoms with Crippen molar-refractivity contribution in [2.24, 2.45) is 4.99 Å². The van der Waals surface area contributed by atoms with Gasteiger partial charge in [-0.3, -0.25) is 4.99 Å². The number of aliphatic imine (C=N–C) groups is 1. The molecule has 0 aromatic carbocycles. The third-order valence-electron chi connectivity index (χ3n) is 3.51. The van der Waals surface area contributed by atoms with E-state index in [1.165, 1.54) is 0 Å². The summed E-state index contributed by atoms with van der Waals surface area (Å²) in [6.07, 6.45) is 3.91. The molecule has 1 fully saturated rings. The van der Waals surface area contributed by atoms with Crippen LogP contribution in [-0.2, 0) is 15.9 Å². The highest BCUT2D eigenvalue weighted by Gasteiger charge is 2.15. The Morgan fingerprint density at radius 2 is 2.17 bits per heavy atom. The average molecular weight is 325 g/mol.